The average molecular weight is 290 g/mol. The van der Waals surface area contributed by atoms with E-state index in [4.69, 9.17) is 5.11 Å². The van der Waals surface area contributed by atoms with Gasteiger partial charge in [0.25, 0.3) is 0 Å². The molecule has 0 saturated carbocycles. The van der Waals surface area contributed by atoms with Gasteiger partial charge in [0, 0.05) is 12.6 Å². The second-order valence-electron chi connectivity index (χ2n) is 3.54. The number of halogens is 1. The normalized spacial score (nSPS) is 11.1. The number of anilines is 1. The highest BCUT2D eigenvalue weighted by molar-refractivity contribution is 7.89. The van der Waals surface area contributed by atoms with E-state index in [1.165, 1.54) is 13.0 Å². The van der Waals surface area contributed by atoms with E-state index in [0.29, 0.717) is 0 Å². The van der Waals surface area contributed by atoms with Gasteiger partial charge >= 0.3 is 5.97 Å². The molecule has 19 heavy (non-hydrogen) atoms. The van der Waals surface area contributed by atoms with E-state index < -0.39 is 39.2 Å². The third kappa shape index (κ3) is 4.30. The number of carbonyl (C=O) groups excluding carboxylic acids is 1. The van der Waals surface area contributed by atoms with Gasteiger partial charge in [-0.05, 0) is 18.2 Å². The van der Waals surface area contributed by atoms with Gasteiger partial charge in [0.1, 0.15) is 17.3 Å². The summed E-state index contributed by atoms with van der Waals surface area (Å²) in [4.78, 5) is 20.3. The van der Waals surface area contributed by atoms with Crippen molar-refractivity contribution in [2.45, 2.75) is 11.8 Å². The first kappa shape index (κ1) is 15.1. The average Bonchev–Trinajstić information content (AvgIpc) is 2.25. The summed E-state index contributed by atoms with van der Waals surface area (Å²) in [5, 5.41) is 10.7. The molecule has 0 aromatic heterocycles. The molecule has 104 valence electrons. The van der Waals surface area contributed by atoms with Crippen LogP contribution < -0.4 is 10.0 Å². The molecule has 1 amide bonds. The minimum absolute atomic E-state index is 0.0992. The number of carboxylic acid groups (broad SMARTS) is 1. The Bertz CT molecular complexity index is 614. The largest absolute Gasteiger partial charge is 0.480 e. The van der Waals surface area contributed by atoms with Crippen LogP contribution in [0.25, 0.3) is 0 Å². The van der Waals surface area contributed by atoms with E-state index in [1.807, 2.05) is 0 Å². The third-order valence-electron chi connectivity index (χ3n) is 1.96. The van der Waals surface area contributed by atoms with Gasteiger partial charge in [-0.2, -0.15) is 4.72 Å². The molecule has 3 N–H and O–H groups in total. The van der Waals surface area contributed by atoms with Crippen LogP contribution >= 0.6 is 0 Å². The summed E-state index contributed by atoms with van der Waals surface area (Å²) in [7, 11) is -4.25. The Kier molecular flexibility index (Phi) is 4.57. The Morgan fingerprint density at radius 1 is 1.37 bits per heavy atom. The SMILES string of the molecule is CC(=O)Nc1ccc(S(=O)(=O)NCC(=O)O)c(F)c1. The van der Waals surface area contributed by atoms with Crippen molar-refractivity contribution in [3.05, 3.63) is 24.0 Å². The van der Waals surface area contributed by atoms with E-state index in [-0.39, 0.29) is 5.69 Å². The number of sulfonamides is 1. The van der Waals surface area contributed by atoms with Crippen molar-refractivity contribution >= 4 is 27.6 Å². The Hall–Kier alpha value is -2.00. The summed E-state index contributed by atoms with van der Waals surface area (Å²) in [5.41, 5.74) is 0.0992. The zero-order chi connectivity index (χ0) is 14.6. The Morgan fingerprint density at radius 3 is 2.47 bits per heavy atom. The fourth-order valence-electron chi connectivity index (χ4n) is 1.23. The van der Waals surface area contributed by atoms with Crippen LogP contribution in [0.2, 0.25) is 0 Å². The number of hydrogen-bond donors (Lipinski definition) is 3. The van der Waals surface area contributed by atoms with Crippen LogP contribution in [-0.4, -0.2) is 31.9 Å². The van der Waals surface area contributed by atoms with Crippen LogP contribution in [0.3, 0.4) is 0 Å². The number of carboxylic acids is 1. The minimum atomic E-state index is -4.25. The molecular formula is C10H11FN2O5S. The maximum Gasteiger partial charge on any atom is 0.318 e. The number of aliphatic carboxylic acids is 1. The summed E-state index contributed by atoms with van der Waals surface area (Å²) in [6, 6.07) is 2.96. The van der Waals surface area contributed by atoms with Gasteiger partial charge in [-0.15, -0.1) is 0 Å². The lowest BCUT2D eigenvalue weighted by Gasteiger charge is -2.08. The summed E-state index contributed by atoms with van der Waals surface area (Å²) < 4.78 is 38.5. The van der Waals surface area contributed by atoms with Crippen LogP contribution in [0, 0.1) is 5.82 Å². The molecule has 0 fully saturated rings. The first-order valence-corrected chi connectivity index (χ1v) is 6.49. The first-order chi connectivity index (χ1) is 8.72. The standard InChI is InChI=1S/C10H11FN2O5S/c1-6(14)13-7-2-3-9(8(11)4-7)19(17,18)12-5-10(15)16/h2-4,12H,5H2,1H3,(H,13,14)(H,15,16). The maximum absolute atomic E-state index is 13.6. The van der Waals surface area contributed by atoms with Crippen molar-refractivity contribution < 1.29 is 27.5 Å². The Labute approximate surface area is 108 Å². The van der Waals surface area contributed by atoms with E-state index in [1.54, 1.807) is 4.72 Å². The number of nitrogens with one attached hydrogen (secondary N) is 2. The Balaban J connectivity index is 3.01. The van der Waals surface area contributed by atoms with E-state index in [9.17, 15) is 22.4 Å². The summed E-state index contributed by atoms with van der Waals surface area (Å²) in [5.74, 6) is -2.91. The molecule has 0 aliphatic rings. The summed E-state index contributed by atoms with van der Waals surface area (Å²) in [6.45, 7) is 0.367. The van der Waals surface area contributed by atoms with Crippen LogP contribution in [0.4, 0.5) is 10.1 Å². The molecular weight excluding hydrogens is 279 g/mol. The molecule has 0 saturated heterocycles. The number of benzene rings is 1. The van der Waals surface area contributed by atoms with Crippen molar-refractivity contribution in [2.24, 2.45) is 0 Å². The number of amides is 1. The topological polar surface area (TPSA) is 113 Å². The van der Waals surface area contributed by atoms with Crippen molar-refractivity contribution in [3.63, 3.8) is 0 Å². The second kappa shape index (κ2) is 5.76. The van der Waals surface area contributed by atoms with E-state index in [0.717, 1.165) is 12.1 Å². The quantitative estimate of drug-likeness (QED) is 0.714. The molecule has 1 rings (SSSR count). The number of hydrogen-bond acceptors (Lipinski definition) is 4. The molecule has 0 atom stereocenters. The van der Waals surface area contributed by atoms with Gasteiger partial charge in [0.05, 0.1) is 0 Å². The molecule has 0 radical (unpaired) electrons. The molecule has 0 unspecified atom stereocenters. The van der Waals surface area contributed by atoms with Gasteiger partial charge in [-0.25, -0.2) is 12.8 Å². The molecule has 1 aromatic carbocycles. The zero-order valence-electron chi connectivity index (χ0n) is 9.81. The second-order valence-corrected chi connectivity index (χ2v) is 5.28. The number of carbonyl (C=O) groups is 2. The van der Waals surface area contributed by atoms with Crippen LogP contribution in [0.1, 0.15) is 6.92 Å². The molecule has 0 bridgehead atoms. The monoisotopic (exact) mass is 290 g/mol. The van der Waals surface area contributed by atoms with Crippen molar-refractivity contribution in [3.8, 4) is 0 Å². The fourth-order valence-corrected chi connectivity index (χ4v) is 2.27. The zero-order valence-corrected chi connectivity index (χ0v) is 10.6. The van der Waals surface area contributed by atoms with Gasteiger partial charge in [0.2, 0.25) is 15.9 Å². The highest BCUT2D eigenvalue weighted by atomic mass is 32.2. The molecule has 1 aromatic rings. The van der Waals surface area contributed by atoms with E-state index >= 15 is 0 Å². The molecule has 9 heteroatoms. The maximum atomic E-state index is 13.6. The van der Waals surface area contributed by atoms with Gasteiger partial charge in [-0.1, -0.05) is 0 Å². The molecule has 0 aliphatic carbocycles. The third-order valence-corrected chi connectivity index (χ3v) is 3.39. The van der Waals surface area contributed by atoms with Crippen LogP contribution in [0.5, 0.6) is 0 Å². The van der Waals surface area contributed by atoms with Crippen molar-refractivity contribution in [1.29, 1.82) is 0 Å². The smallest absolute Gasteiger partial charge is 0.318 e. The molecule has 7 nitrogen and oxygen atoms in total. The highest BCUT2D eigenvalue weighted by Crippen LogP contribution is 2.18. The fraction of sp³-hybridized carbons (Fsp3) is 0.200. The number of rotatable bonds is 5. The molecule has 0 heterocycles. The van der Waals surface area contributed by atoms with Crippen molar-refractivity contribution in [1.82, 2.24) is 4.72 Å². The van der Waals surface area contributed by atoms with Gasteiger partial charge in [0.15, 0.2) is 0 Å². The Morgan fingerprint density at radius 2 is 2.00 bits per heavy atom. The van der Waals surface area contributed by atoms with E-state index in [2.05, 4.69) is 5.32 Å². The van der Waals surface area contributed by atoms with Crippen molar-refractivity contribution in [2.75, 3.05) is 11.9 Å². The predicted molar refractivity (Wildman–Crippen MR) is 63.5 cm³/mol. The lowest BCUT2D eigenvalue weighted by atomic mass is 10.3. The van der Waals surface area contributed by atoms with Crippen LogP contribution in [0.15, 0.2) is 23.1 Å². The minimum Gasteiger partial charge on any atom is -0.480 e. The highest BCUT2D eigenvalue weighted by Gasteiger charge is 2.20. The van der Waals surface area contributed by atoms with Gasteiger partial charge < -0.3 is 10.4 Å². The predicted octanol–water partition coefficient (Wildman–Crippen LogP) is 0.147. The van der Waals surface area contributed by atoms with Gasteiger partial charge in [-0.3, -0.25) is 9.59 Å². The lowest BCUT2D eigenvalue weighted by molar-refractivity contribution is -0.135. The summed E-state index contributed by atoms with van der Waals surface area (Å²) >= 11 is 0. The first-order valence-electron chi connectivity index (χ1n) is 5.01. The molecule has 0 spiro atoms. The van der Waals surface area contributed by atoms with Crippen LogP contribution in [-0.2, 0) is 19.6 Å². The molecule has 0 aliphatic heterocycles. The lowest BCUT2D eigenvalue weighted by Crippen LogP contribution is -2.30. The summed E-state index contributed by atoms with van der Waals surface area (Å²) in [6.07, 6.45) is 0.